The second-order valence-corrected chi connectivity index (χ2v) is 19.2. The fraction of sp³-hybridized carbons (Fsp3) is 0.267. The van der Waals surface area contributed by atoms with Crippen molar-refractivity contribution in [2.45, 2.75) is 39.8 Å². The topological polar surface area (TPSA) is 151 Å². The van der Waals surface area contributed by atoms with Gasteiger partial charge in [-0.1, -0.05) is 110 Å². The number of urea groups is 2. The number of aryl methyl sites for hydroxylation is 1. The Kier molecular flexibility index (Phi) is 17.2. The summed E-state index contributed by atoms with van der Waals surface area (Å²) in [6.07, 6.45) is 3.86. The minimum atomic E-state index is -0.420. The van der Waals surface area contributed by atoms with Crippen molar-refractivity contribution in [3.63, 3.8) is 0 Å². The molecule has 0 unspecified atom stereocenters. The zero-order chi connectivity index (χ0) is 52.3. The van der Waals surface area contributed by atoms with Crippen molar-refractivity contribution >= 4 is 68.0 Å². The van der Waals surface area contributed by atoms with E-state index in [1.165, 1.54) is 19.8 Å². The lowest BCUT2D eigenvalue weighted by molar-refractivity contribution is 0.0336. The summed E-state index contributed by atoms with van der Waals surface area (Å²) in [5.74, 6) is 1.29. The number of pyridine rings is 2. The van der Waals surface area contributed by atoms with Gasteiger partial charge in [0.25, 0.3) is 0 Å². The minimum Gasteiger partial charge on any atom is -0.495 e. The molecule has 2 aliphatic rings. The highest BCUT2D eigenvalue weighted by molar-refractivity contribution is 6.32. The van der Waals surface area contributed by atoms with Gasteiger partial charge in [-0.2, -0.15) is 0 Å². The maximum absolute atomic E-state index is 13.0. The molecule has 0 radical (unpaired) electrons. The number of rotatable bonds is 13. The second kappa shape index (κ2) is 24.6. The molecule has 15 heteroatoms. The normalized spacial score (nSPS) is 14.0. The summed E-state index contributed by atoms with van der Waals surface area (Å²) in [5, 5.41) is 16.2. The van der Waals surface area contributed by atoms with Gasteiger partial charge >= 0.3 is 12.1 Å². The predicted octanol–water partition coefficient (Wildman–Crippen LogP) is 12.9. The van der Waals surface area contributed by atoms with Crippen molar-refractivity contribution < 1.29 is 28.5 Å². The minimum absolute atomic E-state index is 0.254. The van der Waals surface area contributed by atoms with Crippen LogP contribution < -0.4 is 30.7 Å². The van der Waals surface area contributed by atoms with Crippen LogP contribution in [-0.2, 0) is 22.6 Å². The smallest absolute Gasteiger partial charge is 0.323 e. The number of nitrogens with one attached hydrogen (secondary N) is 4. The number of methoxy groups -OCH3 is 2. The third kappa shape index (κ3) is 13.0. The Hall–Kier alpha value is -7.59. The van der Waals surface area contributed by atoms with Crippen molar-refractivity contribution in [3.8, 4) is 33.8 Å². The molecule has 2 aromatic heterocycles. The van der Waals surface area contributed by atoms with Gasteiger partial charge in [-0.3, -0.25) is 19.8 Å². The Labute approximate surface area is 443 Å². The first-order valence-electron chi connectivity index (χ1n) is 25.3. The first-order valence-corrected chi connectivity index (χ1v) is 25.6. The summed E-state index contributed by atoms with van der Waals surface area (Å²) in [5.41, 5.74) is 11.2. The summed E-state index contributed by atoms with van der Waals surface area (Å²) in [6, 6.07) is 41.2. The van der Waals surface area contributed by atoms with Crippen LogP contribution in [-0.4, -0.2) is 98.7 Å². The summed E-state index contributed by atoms with van der Waals surface area (Å²) >= 11 is 6.25. The molecule has 2 saturated heterocycles. The molecule has 8 aromatic rings. The first-order chi connectivity index (χ1) is 36.5. The van der Waals surface area contributed by atoms with E-state index in [1.807, 2.05) is 80.0 Å². The van der Waals surface area contributed by atoms with Crippen LogP contribution in [0.5, 0.6) is 11.5 Å². The monoisotopic (exact) mass is 1030 g/mol. The van der Waals surface area contributed by atoms with Gasteiger partial charge in [0.1, 0.15) is 11.5 Å². The average molecular weight is 1030 g/mol. The quantitative estimate of drug-likeness (QED) is 0.0878. The lowest BCUT2D eigenvalue weighted by Crippen LogP contribution is -2.35. The highest BCUT2D eigenvalue weighted by atomic mass is 35.5. The van der Waals surface area contributed by atoms with E-state index in [0.717, 1.165) is 138 Å². The zero-order valence-electron chi connectivity index (χ0n) is 43.0. The third-order valence-corrected chi connectivity index (χ3v) is 13.8. The van der Waals surface area contributed by atoms with Crippen LogP contribution in [0.4, 0.5) is 32.3 Å². The van der Waals surface area contributed by atoms with Gasteiger partial charge in [0.2, 0.25) is 0 Å². The van der Waals surface area contributed by atoms with E-state index in [2.05, 4.69) is 99.5 Å². The number of fused-ring (bicyclic) bond motifs is 2. The Bertz CT molecular complexity index is 3270. The molecule has 4 heterocycles. The lowest BCUT2D eigenvalue weighted by Gasteiger charge is -2.26. The van der Waals surface area contributed by atoms with Crippen molar-refractivity contribution in [1.29, 1.82) is 0 Å². The van der Waals surface area contributed by atoms with Crippen LogP contribution in [0.25, 0.3) is 43.8 Å². The van der Waals surface area contributed by atoms with Gasteiger partial charge in [0, 0.05) is 85.3 Å². The number of benzene rings is 6. The van der Waals surface area contributed by atoms with Crippen LogP contribution in [0.1, 0.15) is 42.3 Å². The number of carbonyl (C=O) groups is 2. The largest absolute Gasteiger partial charge is 0.495 e. The summed E-state index contributed by atoms with van der Waals surface area (Å²) < 4.78 is 21.5. The highest BCUT2D eigenvalue weighted by Crippen LogP contribution is 2.38. The molecule has 0 saturated carbocycles. The molecule has 2 fully saturated rings. The molecule has 0 bridgehead atoms. The van der Waals surface area contributed by atoms with Crippen LogP contribution >= 0.6 is 11.6 Å². The Morgan fingerprint density at radius 2 is 1.03 bits per heavy atom. The molecule has 75 heavy (non-hydrogen) atoms. The van der Waals surface area contributed by atoms with Gasteiger partial charge < -0.3 is 40.2 Å². The number of ether oxygens (including phenoxy) is 4. The van der Waals surface area contributed by atoms with Crippen molar-refractivity contribution in [3.05, 3.63) is 167 Å². The summed E-state index contributed by atoms with van der Waals surface area (Å²) in [7, 11) is 3.03. The van der Waals surface area contributed by atoms with E-state index < -0.39 is 6.03 Å². The average Bonchev–Trinajstić information content (AvgIpc) is 3.43. The van der Waals surface area contributed by atoms with Crippen LogP contribution in [0.3, 0.4) is 0 Å². The maximum Gasteiger partial charge on any atom is 0.323 e. The molecule has 0 aliphatic carbocycles. The summed E-state index contributed by atoms with van der Waals surface area (Å²) in [4.78, 5) is 40.1. The maximum atomic E-state index is 13.0. The Morgan fingerprint density at radius 3 is 1.48 bits per heavy atom. The van der Waals surface area contributed by atoms with Crippen LogP contribution in [0.15, 0.2) is 140 Å². The number of hydrogen-bond donors (Lipinski definition) is 4. The van der Waals surface area contributed by atoms with Gasteiger partial charge in [-0.15, -0.1) is 0 Å². The molecular formula is C60H63ClN8O6. The molecule has 10 rings (SSSR count). The van der Waals surface area contributed by atoms with Gasteiger partial charge in [0.15, 0.2) is 0 Å². The van der Waals surface area contributed by atoms with E-state index in [0.29, 0.717) is 33.8 Å². The van der Waals surface area contributed by atoms with Gasteiger partial charge in [-0.25, -0.2) is 9.59 Å². The summed E-state index contributed by atoms with van der Waals surface area (Å²) in [6.45, 7) is 14.8. The van der Waals surface area contributed by atoms with E-state index in [1.54, 1.807) is 12.1 Å². The fourth-order valence-corrected chi connectivity index (χ4v) is 9.53. The van der Waals surface area contributed by atoms with Crippen LogP contribution in [0.2, 0.25) is 5.02 Å². The Balaban J connectivity index is 0.000000184. The van der Waals surface area contributed by atoms with E-state index in [9.17, 15) is 9.59 Å². The van der Waals surface area contributed by atoms with E-state index in [4.69, 9.17) is 40.5 Å². The number of amides is 4. The van der Waals surface area contributed by atoms with Gasteiger partial charge in [-0.05, 0) is 82.3 Å². The van der Waals surface area contributed by atoms with E-state index >= 15 is 0 Å². The van der Waals surface area contributed by atoms with Crippen molar-refractivity contribution in [1.82, 2.24) is 19.8 Å². The molecule has 14 nitrogen and oxygen atoms in total. The molecule has 2 aliphatic heterocycles. The lowest BCUT2D eigenvalue weighted by atomic mass is 9.98. The van der Waals surface area contributed by atoms with E-state index in [-0.39, 0.29) is 6.03 Å². The molecule has 4 N–H and O–H groups in total. The second-order valence-electron chi connectivity index (χ2n) is 18.8. The van der Waals surface area contributed by atoms with Crippen molar-refractivity contribution in [2.24, 2.45) is 0 Å². The number of carbonyl (C=O) groups excluding carboxylic acids is 2. The number of nitrogens with zero attached hydrogens (tertiary/aromatic N) is 4. The fourth-order valence-electron chi connectivity index (χ4n) is 9.29. The third-order valence-electron chi connectivity index (χ3n) is 13.5. The first kappa shape index (κ1) is 52.3. The molecular weight excluding hydrogens is 964 g/mol. The number of anilines is 4. The predicted molar refractivity (Wildman–Crippen MR) is 302 cm³/mol. The molecule has 386 valence electrons. The molecule has 0 spiro atoms. The molecule has 0 atom stereocenters. The zero-order valence-corrected chi connectivity index (χ0v) is 43.8. The number of morpholine rings is 2. The standard InChI is InChI=1S/C31H34N4O2.C29H29ClN4O4/c1-21(2)23-9-8-22(3)30(18-23)34-31(36)33-29-13-12-26(27-6-4-5-7-28(27)29)24-10-11-25(32-19-24)20-35-14-16-37-17-15-35;1-36-27-16-28(37-2)26(15-24(27)30)33-29(35)32-25-10-9-21(22-5-3-4-6-23(22)25)19-7-8-20(31-17-19)18-34-11-13-38-14-12-34/h4-13,18-19,21H,14-17,20H2,1-3H3,(H2,33,34,36);3-10,15-17H,11-14,18H2,1-2H3,(H2,32,33,35). The SMILES string of the molecule is COc1cc(OC)c(NC(=O)Nc2ccc(-c3ccc(CN4CCOCC4)nc3)c3ccccc23)cc1Cl.Cc1ccc(C(C)C)cc1NC(=O)Nc1ccc(-c2ccc(CN3CCOCC3)nc2)c2ccccc12. The highest BCUT2D eigenvalue weighted by Gasteiger charge is 2.18. The number of hydrogen-bond acceptors (Lipinski definition) is 10. The number of aromatic nitrogens is 2. The number of halogens is 1. The van der Waals surface area contributed by atoms with Gasteiger partial charge in [0.05, 0.1) is 74.1 Å². The molecule has 6 aromatic carbocycles. The van der Waals surface area contributed by atoms with Crippen LogP contribution in [0, 0.1) is 6.92 Å². The Morgan fingerprint density at radius 1 is 0.560 bits per heavy atom. The molecule has 4 amide bonds. The van der Waals surface area contributed by atoms with Crippen molar-refractivity contribution in [2.75, 3.05) is 88.1 Å².